The number of hydrogen-bond acceptors (Lipinski definition) is 2. The molecule has 0 saturated carbocycles. The van der Waals surface area contributed by atoms with E-state index in [4.69, 9.17) is 9.97 Å². The Labute approximate surface area is 289 Å². The Morgan fingerprint density at radius 2 is 0.680 bits per heavy atom. The van der Waals surface area contributed by atoms with E-state index in [1.165, 1.54) is 43.6 Å². The number of hydrogen-bond donors (Lipinski definition) is 0. The lowest BCUT2D eigenvalue weighted by Crippen LogP contribution is -1.97. The topological polar surface area (TPSA) is 35.6 Å². The van der Waals surface area contributed by atoms with Gasteiger partial charge in [-0.25, -0.2) is 0 Å². The number of para-hydroxylation sites is 4. The van der Waals surface area contributed by atoms with Crippen LogP contribution in [0.15, 0.2) is 182 Å². The molecule has 4 heteroatoms. The molecule has 50 heavy (non-hydrogen) atoms. The number of rotatable bonds is 5. The van der Waals surface area contributed by atoms with E-state index in [9.17, 15) is 0 Å². The van der Waals surface area contributed by atoms with Crippen molar-refractivity contribution in [3.05, 3.63) is 182 Å². The maximum absolute atomic E-state index is 4.99. The molecule has 4 heterocycles. The summed E-state index contributed by atoms with van der Waals surface area (Å²) in [5.74, 6) is 0. The van der Waals surface area contributed by atoms with Gasteiger partial charge in [-0.2, -0.15) is 0 Å². The van der Waals surface area contributed by atoms with Crippen LogP contribution in [0.4, 0.5) is 0 Å². The molecular formula is C46H30N4. The summed E-state index contributed by atoms with van der Waals surface area (Å²) in [5.41, 5.74) is 13.0. The van der Waals surface area contributed by atoms with Crippen molar-refractivity contribution in [3.8, 4) is 45.0 Å². The maximum Gasteiger partial charge on any atom is 0.0781 e. The number of nitrogens with zero attached hydrogens (tertiary/aromatic N) is 4. The normalized spacial score (nSPS) is 11.6. The highest BCUT2D eigenvalue weighted by molar-refractivity contribution is 6.10. The summed E-state index contributed by atoms with van der Waals surface area (Å²) in [5, 5.41) is 4.98. The van der Waals surface area contributed by atoms with Crippen LogP contribution in [0.25, 0.3) is 88.6 Å². The van der Waals surface area contributed by atoms with Gasteiger partial charge in [-0.05, 0) is 60.7 Å². The first-order valence-corrected chi connectivity index (χ1v) is 16.9. The van der Waals surface area contributed by atoms with Crippen LogP contribution in [0.2, 0.25) is 0 Å². The molecule has 0 amide bonds. The molecule has 0 unspecified atom stereocenters. The molecule has 0 atom stereocenters. The van der Waals surface area contributed by atoms with Crippen molar-refractivity contribution < 1.29 is 0 Å². The van der Waals surface area contributed by atoms with Crippen LogP contribution in [-0.2, 0) is 0 Å². The first-order chi connectivity index (χ1) is 24.8. The second-order valence-corrected chi connectivity index (χ2v) is 12.6. The maximum atomic E-state index is 4.99. The molecule has 234 valence electrons. The van der Waals surface area contributed by atoms with Crippen LogP contribution in [0.1, 0.15) is 0 Å². The Morgan fingerprint density at radius 1 is 0.320 bits per heavy atom. The van der Waals surface area contributed by atoms with Crippen LogP contribution in [0.5, 0.6) is 0 Å². The van der Waals surface area contributed by atoms with Crippen LogP contribution >= 0.6 is 0 Å². The van der Waals surface area contributed by atoms with Crippen LogP contribution < -0.4 is 0 Å². The minimum Gasteiger partial charge on any atom is -0.309 e. The van der Waals surface area contributed by atoms with Crippen molar-refractivity contribution in [2.75, 3.05) is 0 Å². The van der Waals surface area contributed by atoms with Crippen LogP contribution in [0.3, 0.4) is 0 Å². The first-order valence-electron chi connectivity index (χ1n) is 16.9. The number of pyridine rings is 2. The monoisotopic (exact) mass is 638 g/mol. The molecular weight excluding hydrogens is 609 g/mol. The molecule has 0 N–H and O–H groups in total. The summed E-state index contributed by atoms with van der Waals surface area (Å²) in [6.07, 6.45) is 3.76. The fourth-order valence-corrected chi connectivity index (χ4v) is 7.69. The highest BCUT2D eigenvalue weighted by Crippen LogP contribution is 2.39. The fourth-order valence-electron chi connectivity index (χ4n) is 7.69. The fraction of sp³-hybridized carbons (Fsp3) is 0. The predicted molar refractivity (Wildman–Crippen MR) is 207 cm³/mol. The zero-order chi connectivity index (χ0) is 33.0. The van der Waals surface area contributed by atoms with Gasteiger partial charge in [-0.3, -0.25) is 9.97 Å². The zero-order valence-corrected chi connectivity index (χ0v) is 27.1. The number of fused-ring (bicyclic) bond motifs is 6. The molecule has 4 aromatic heterocycles. The lowest BCUT2D eigenvalue weighted by Gasteiger charge is -2.15. The Bertz CT molecular complexity index is 2590. The van der Waals surface area contributed by atoms with Gasteiger partial charge >= 0.3 is 0 Å². The van der Waals surface area contributed by atoms with Gasteiger partial charge in [0.15, 0.2) is 0 Å². The molecule has 10 aromatic rings. The summed E-state index contributed by atoms with van der Waals surface area (Å²) < 4.78 is 4.71. The first kappa shape index (κ1) is 28.3. The van der Waals surface area contributed by atoms with E-state index in [1.807, 2.05) is 24.5 Å². The second kappa shape index (κ2) is 11.4. The third kappa shape index (κ3) is 4.39. The predicted octanol–water partition coefficient (Wildman–Crippen LogP) is 11.7. The van der Waals surface area contributed by atoms with Crippen molar-refractivity contribution in [3.63, 3.8) is 0 Å². The molecule has 6 aromatic carbocycles. The lowest BCUT2D eigenvalue weighted by atomic mass is 9.95. The minimum atomic E-state index is 0.919. The molecule has 0 aliphatic heterocycles. The van der Waals surface area contributed by atoms with Gasteiger partial charge in [0.2, 0.25) is 0 Å². The van der Waals surface area contributed by atoms with Crippen molar-refractivity contribution in [2.24, 2.45) is 0 Å². The van der Waals surface area contributed by atoms with Crippen molar-refractivity contribution in [1.29, 1.82) is 0 Å². The SMILES string of the molecule is c1cc(-c2ncccc2-c2cccnc2-c2cccc(-n3c4ccccc4c4ccccc43)c2)cc(-n2c3ccccc3c3ccccc32)c1. The van der Waals surface area contributed by atoms with Gasteiger partial charge in [0, 0.05) is 67.6 Å². The van der Waals surface area contributed by atoms with E-state index >= 15 is 0 Å². The summed E-state index contributed by atoms with van der Waals surface area (Å²) in [7, 11) is 0. The average molecular weight is 639 g/mol. The minimum absolute atomic E-state index is 0.919. The van der Waals surface area contributed by atoms with Gasteiger partial charge in [0.25, 0.3) is 0 Å². The van der Waals surface area contributed by atoms with Crippen molar-refractivity contribution in [1.82, 2.24) is 19.1 Å². The Balaban J connectivity index is 1.12. The lowest BCUT2D eigenvalue weighted by molar-refractivity contribution is 1.18. The van der Waals surface area contributed by atoms with E-state index in [2.05, 4.69) is 167 Å². The summed E-state index contributed by atoms with van der Waals surface area (Å²) in [4.78, 5) is 9.99. The second-order valence-electron chi connectivity index (χ2n) is 12.6. The molecule has 0 saturated heterocycles. The smallest absolute Gasteiger partial charge is 0.0781 e. The molecule has 10 rings (SSSR count). The highest BCUT2D eigenvalue weighted by Gasteiger charge is 2.18. The Kier molecular flexibility index (Phi) is 6.46. The number of benzene rings is 6. The molecule has 0 aliphatic rings. The molecule has 0 aliphatic carbocycles. The van der Waals surface area contributed by atoms with E-state index in [-0.39, 0.29) is 0 Å². The van der Waals surface area contributed by atoms with Crippen LogP contribution in [0, 0.1) is 0 Å². The van der Waals surface area contributed by atoms with E-state index < -0.39 is 0 Å². The van der Waals surface area contributed by atoms with Crippen LogP contribution in [-0.4, -0.2) is 19.1 Å². The molecule has 4 nitrogen and oxygen atoms in total. The van der Waals surface area contributed by atoms with E-state index in [0.717, 1.165) is 45.0 Å². The van der Waals surface area contributed by atoms with E-state index in [1.54, 1.807) is 0 Å². The highest BCUT2D eigenvalue weighted by atomic mass is 15.0. The Morgan fingerprint density at radius 3 is 1.06 bits per heavy atom. The van der Waals surface area contributed by atoms with Gasteiger partial charge in [-0.15, -0.1) is 0 Å². The third-order valence-electron chi connectivity index (χ3n) is 9.82. The van der Waals surface area contributed by atoms with Gasteiger partial charge in [0.1, 0.15) is 0 Å². The summed E-state index contributed by atoms with van der Waals surface area (Å²) in [6, 6.07) is 60.3. The van der Waals surface area contributed by atoms with Gasteiger partial charge < -0.3 is 9.13 Å². The summed E-state index contributed by atoms with van der Waals surface area (Å²) in [6.45, 7) is 0. The molecule has 0 radical (unpaired) electrons. The zero-order valence-electron chi connectivity index (χ0n) is 27.1. The standard InChI is InChI=1S/C46H30N4/c1-5-23-41-35(17-1)36-18-2-6-24-42(36)49(41)33-15-9-13-31(29-33)45-39(21-11-27-47-45)40-22-12-28-48-46(40)32-14-10-16-34(30-32)50-43-25-7-3-19-37(43)38-20-4-8-26-44(38)50/h1-30H. The summed E-state index contributed by atoms with van der Waals surface area (Å²) >= 11 is 0. The van der Waals surface area contributed by atoms with Crippen molar-refractivity contribution in [2.45, 2.75) is 0 Å². The van der Waals surface area contributed by atoms with Gasteiger partial charge in [-0.1, -0.05) is 109 Å². The van der Waals surface area contributed by atoms with Crippen molar-refractivity contribution >= 4 is 43.6 Å². The third-order valence-corrected chi connectivity index (χ3v) is 9.82. The van der Waals surface area contributed by atoms with E-state index in [0.29, 0.717) is 0 Å². The molecule has 0 spiro atoms. The molecule has 0 bridgehead atoms. The molecule has 0 fully saturated rings. The number of aromatic nitrogens is 4. The van der Waals surface area contributed by atoms with Gasteiger partial charge in [0.05, 0.1) is 33.5 Å². The largest absolute Gasteiger partial charge is 0.309 e. The quantitative estimate of drug-likeness (QED) is 0.188. The average Bonchev–Trinajstić information content (AvgIpc) is 3.71. The Hall–Kier alpha value is -6.78.